The number of nitrogens with two attached hydrogens (primary N) is 1. The van der Waals surface area contributed by atoms with Gasteiger partial charge in [-0.3, -0.25) is 0 Å². The number of nitrogens with zero attached hydrogens (tertiary/aromatic N) is 1. The average Bonchev–Trinajstić information content (AvgIpc) is 2.66. The highest BCUT2D eigenvalue weighted by atomic mass is 16.5. The molecule has 3 N–H and O–H groups in total. The number of hydrogen-bond donors (Lipinski definition) is 2. The van der Waals surface area contributed by atoms with Gasteiger partial charge in [-0.2, -0.15) is 0 Å². The van der Waals surface area contributed by atoms with Crippen LogP contribution in [0.1, 0.15) is 23.6 Å². The normalized spacial score (nSPS) is 16.3. The molecule has 1 aliphatic rings. The molecule has 25 heavy (non-hydrogen) atoms. The summed E-state index contributed by atoms with van der Waals surface area (Å²) in [6.07, 6.45) is 6.03. The molecule has 0 saturated carbocycles. The van der Waals surface area contributed by atoms with Gasteiger partial charge in [-0.25, -0.2) is 4.99 Å². The van der Waals surface area contributed by atoms with Crippen LogP contribution < -0.4 is 20.5 Å². The van der Waals surface area contributed by atoms with E-state index in [9.17, 15) is 0 Å². The maximum Gasteiger partial charge on any atom is 0.189 e. The minimum Gasteiger partial charge on any atom is -0.493 e. The molecule has 2 aromatic carbocycles. The maximum atomic E-state index is 6.06. The lowest BCUT2D eigenvalue weighted by Crippen LogP contribution is -2.37. The molecule has 1 unspecified atom stereocenters. The molecule has 5 nitrogen and oxygen atoms in total. The van der Waals surface area contributed by atoms with Gasteiger partial charge in [0.2, 0.25) is 0 Å². The van der Waals surface area contributed by atoms with Gasteiger partial charge in [0.15, 0.2) is 5.96 Å². The Morgan fingerprint density at radius 1 is 1.28 bits per heavy atom. The second-order valence-corrected chi connectivity index (χ2v) is 5.71. The summed E-state index contributed by atoms with van der Waals surface area (Å²) in [6, 6.07) is 15.8. The molecule has 5 heteroatoms. The number of ether oxygens (including phenoxy) is 2. The van der Waals surface area contributed by atoms with E-state index in [-0.39, 0.29) is 12.6 Å². The zero-order valence-corrected chi connectivity index (χ0v) is 13.9. The summed E-state index contributed by atoms with van der Waals surface area (Å²) in [5.74, 6) is 4.51. The van der Waals surface area contributed by atoms with E-state index in [0.717, 1.165) is 29.0 Å². The van der Waals surface area contributed by atoms with E-state index in [4.69, 9.17) is 21.6 Å². The minimum atomic E-state index is 0.119. The molecule has 2 aromatic rings. The number of benzene rings is 2. The molecule has 0 fully saturated rings. The van der Waals surface area contributed by atoms with E-state index < -0.39 is 0 Å². The molecular formula is C20H21N3O2. The summed E-state index contributed by atoms with van der Waals surface area (Å²) in [4.78, 5) is 4.42. The van der Waals surface area contributed by atoms with Crippen LogP contribution in [0.5, 0.6) is 11.5 Å². The van der Waals surface area contributed by atoms with Gasteiger partial charge in [0.25, 0.3) is 0 Å². The van der Waals surface area contributed by atoms with Gasteiger partial charge < -0.3 is 20.5 Å². The van der Waals surface area contributed by atoms with Crippen molar-refractivity contribution in [3.63, 3.8) is 0 Å². The number of guanidine groups is 1. The van der Waals surface area contributed by atoms with E-state index >= 15 is 0 Å². The van der Waals surface area contributed by atoms with Crippen molar-refractivity contribution >= 4 is 5.96 Å². The fourth-order valence-corrected chi connectivity index (χ4v) is 2.71. The quantitative estimate of drug-likeness (QED) is 0.501. The Hall–Kier alpha value is -3.13. The molecule has 0 radical (unpaired) electrons. The van der Waals surface area contributed by atoms with Crippen LogP contribution in [0.2, 0.25) is 0 Å². The molecule has 0 amide bonds. The van der Waals surface area contributed by atoms with Crippen LogP contribution >= 0.6 is 0 Å². The van der Waals surface area contributed by atoms with Gasteiger partial charge in [0, 0.05) is 12.0 Å². The van der Waals surface area contributed by atoms with Crippen LogP contribution in [0.4, 0.5) is 0 Å². The molecule has 0 bridgehead atoms. The van der Waals surface area contributed by atoms with Gasteiger partial charge in [-0.15, -0.1) is 6.42 Å². The fourth-order valence-electron chi connectivity index (χ4n) is 2.71. The van der Waals surface area contributed by atoms with E-state index in [1.807, 2.05) is 48.5 Å². The number of hydrogen-bond acceptors (Lipinski definition) is 3. The maximum absolute atomic E-state index is 6.06. The molecular weight excluding hydrogens is 314 g/mol. The Balaban J connectivity index is 1.59. The first-order chi connectivity index (χ1) is 12.3. The molecule has 0 aromatic heterocycles. The van der Waals surface area contributed by atoms with Crippen LogP contribution in [0.15, 0.2) is 53.5 Å². The van der Waals surface area contributed by atoms with E-state index in [1.165, 1.54) is 0 Å². The summed E-state index contributed by atoms with van der Waals surface area (Å²) in [7, 11) is 0. The Morgan fingerprint density at radius 2 is 2.08 bits per heavy atom. The monoisotopic (exact) mass is 335 g/mol. The second kappa shape index (κ2) is 8.11. The molecule has 0 aliphatic carbocycles. The van der Waals surface area contributed by atoms with Crippen molar-refractivity contribution in [2.45, 2.75) is 19.0 Å². The molecule has 128 valence electrons. The van der Waals surface area contributed by atoms with Gasteiger partial charge in [-0.05, 0) is 23.8 Å². The van der Waals surface area contributed by atoms with Crippen LogP contribution in [0.3, 0.4) is 0 Å². The third-order valence-corrected chi connectivity index (χ3v) is 3.96. The summed E-state index contributed by atoms with van der Waals surface area (Å²) in [5.41, 5.74) is 8.22. The average molecular weight is 335 g/mol. The lowest BCUT2D eigenvalue weighted by Gasteiger charge is -2.26. The van der Waals surface area contributed by atoms with Gasteiger partial charge in [0.1, 0.15) is 18.1 Å². The summed E-state index contributed by atoms with van der Waals surface area (Å²) >= 11 is 0. The highest BCUT2D eigenvalue weighted by molar-refractivity contribution is 5.78. The summed E-state index contributed by atoms with van der Waals surface area (Å²) in [6.45, 7) is 1.43. The second-order valence-electron chi connectivity index (χ2n) is 5.71. The van der Waals surface area contributed by atoms with Crippen molar-refractivity contribution in [3.8, 4) is 23.8 Å². The first-order valence-electron chi connectivity index (χ1n) is 8.19. The smallest absolute Gasteiger partial charge is 0.189 e. The number of rotatable bonds is 5. The number of fused-ring (bicyclic) bond motifs is 1. The third-order valence-electron chi connectivity index (χ3n) is 3.96. The van der Waals surface area contributed by atoms with Gasteiger partial charge >= 0.3 is 0 Å². The van der Waals surface area contributed by atoms with Crippen molar-refractivity contribution in [1.82, 2.24) is 5.32 Å². The van der Waals surface area contributed by atoms with Crippen LogP contribution in [-0.4, -0.2) is 19.2 Å². The predicted octanol–water partition coefficient (Wildman–Crippen LogP) is 2.63. The van der Waals surface area contributed by atoms with Crippen LogP contribution in [-0.2, 0) is 6.54 Å². The number of terminal acetylenes is 1. The number of para-hydroxylation sites is 1. The lowest BCUT2D eigenvalue weighted by atomic mass is 10.0. The fraction of sp³-hybridized carbons (Fsp3) is 0.250. The standard InChI is InChI=1S/C20H21N3O2/c1-2-12-24-16-9-7-15(8-10-16)14-22-20(21)23-18-11-13-25-19-6-4-3-5-17(18)19/h1,3-10,18H,11-14H2,(H3,21,22,23). The Labute approximate surface area is 147 Å². The zero-order valence-electron chi connectivity index (χ0n) is 13.9. The Kier molecular flexibility index (Phi) is 5.43. The molecule has 3 rings (SSSR count). The molecule has 1 atom stereocenters. The first kappa shape index (κ1) is 16.7. The zero-order chi connectivity index (χ0) is 17.5. The highest BCUT2D eigenvalue weighted by Crippen LogP contribution is 2.31. The van der Waals surface area contributed by atoms with Crippen molar-refractivity contribution in [2.24, 2.45) is 10.7 Å². The topological polar surface area (TPSA) is 68.9 Å². The summed E-state index contributed by atoms with van der Waals surface area (Å²) < 4.78 is 11.0. The van der Waals surface area contributed by atoms with Gasteiger partial charge in [-0.1, -0.05) is 36.3 Å². The lowest BCUT2D eigenvalue weighted by molar-refractivity contribution is 0.262. The van der Waals surface area contributed by atoms with E-state index in [0.29, 0.717) is 19.1 Å². The van der Waals surface area contributed by atoms with Crippen molar-refractivity contribution < 1.29 is 9.47 Å². The molecule has 1 aliphatic heterocycles. The first-order valence-corrected chi connectivity index (χ1v) is 8.19. The largest absolute Gasteiger partial charge is 0.493 e. The Morgan fingerprint density at radius 3 is 2.88 bits per heavy atom. The number of nitrogens with one attached hydrogen (secondary N) is 1. The highest BCUT2D eigenvalue weighted by Gasteiger charge is 2.21. The van der Waals surface area contributed by atoms with E-state index in [2.05, 4.69) is 16.2 Å². The van der Waals surface area contributed by atoms with Crippen LogP contribution in [0.25, 0.3) is 0 Å². The predicted molar refractivity (Wildman–Crippen MR) is 98.5 cm³/mol. The van der Waals surface area contributed by atoms with E-state index in [1.54, 1.807) is 0 Å². The third kappa shape index (κ3) is 4.45. The van der Waals surface area contributed by atoms with Gasteiger partial charge in [0.05, 0.1) is 19.2 Å². The molecule has 1 heterocycles. The SMILES string of the molecule is C#CCOc1ccc(CN=C(N)NC2CCOc3ccccc32)cc1. The van der Waals surface area contributed by atoms with Crippen molar-refractivity contribution in [3.05, 3.63) is 59.7 Å². The van der Waals surface area contributed by atoms with Crippen LogP contribution in [0, 0.1) is 12.3 Å². The molecule has 0 spiro atoms. The summed E-state index contributed by atoms with van der Waals surface area (Å²) in [5, 5.41) is 3.29. The minimum absolute atomic E-state index is 0.119. The molecule has 0 saturated heterocycles. The Bertz CT molecular complexity index is 778. The van der Waals surface area contributed by atoms with Crippen molar-refractivity contribution in [1.29, 1.82) is 0 Å². The van der Waals surface area contributed by atoms with Crippen molar-refractivity contribution in [2.75, 3.05) is 13.2 Å². The number of aliphatic imine (C=N–C) groups is 1.